The number of pyridine rings is 1. The molecule has 17 heavy (non-hydrogen) atoms. The lowest BCUT2D eigenvalue weighted by Gasteiger charge is -2.17. The molecule has 0 fully saturated rings. The zero-order valence-electron chi connectivity index (χ0n) is 10.3. The molecule has 5 heteroatoms. The molecule has 1 aromatic heterocycles. The summed E-state index contributed by atoms with van der Waals surface area (Å²) in [5.41, 5.74) is 1.32. The first-order valence-corrected chi connectivity index (χ1v) is 5.34. The van der Waals surface area contributed by atoms with E-state index in [-0.39, 0.29) is 11.9 Å². The zero-order chi connectivity index (χ0) is 12.8. The van der Waals surface area contributed by atoms with E-state index < -0.39 is 0 Å². The van der Waals surface area contributed by atoms with Crippen molar-refractivity contribution < 1.29 is 4.79 Å². The van der Waals surface area contributed by atoms with E-state index in [0.717, 1.165) is 5.56 Å². The molecule has 1 aromatic rings. The monoisotopic (exact) mass is 232 g/mol. The van der Waals surface area contributed by atoms with Crippen LogP contribution in [0.25, 0.3) is 0 Å². The highest BCUT2D eigenvalue weighted by Gasteiger charge is 2.13. The Labute approximate surface area is 101 Å². The summed E-state index contributed by atoms with van der Waals surface area (Å²) in [6, 6.07) is 5.26. The minimum atomic E-state index is -0.247. The molecular weight excluding hydrogens is 216 g/mol. The molecule has 1 rings (SSSR count). The van der Waals surface area contributed by atoms with Crippen LogP contribution in [0.15, 0.2) is 18.3 Å². The maximum Gasteiger partial charge on any atom is 0.238 e. The van der Waals surface area contributed by atoms with E-state index in [0.29, 0.717) is 12.2 Å². The molecule has 0 bridgehead atoms. The normalized spacial score (nSPS) is 11.6. The third kappa shape index (κ3) is 3.85. The van der Waals surface area contributed by atoms with Crippen LogP contribution in [-0.4, -0.2) is 35.9 Å². The molecule has 0 aliphatic carbocycles. The summed E-state index contributed by atoms with van der Waals surface area (Å²) < 4.78 is 0. The second-order valence-electron chi connectivity index (χ2n) is 4.00. The van der Waals surface area contributed by atoms with Crippen molar-refractivity contribution in [1.29, 1.82) is 5.26 Å². The lowest BCUT2D eigenvalue weighted by atomic mass is 10.2. The summed E-state index contributed by atoms with van der Waals surface area (Å²) >= 11 is 0. The van der Waals surface area contributed by atoms with Crippen molar-refractivity contribution in [3.05, 3.63) is 29.6 Å². The minimum Gasteiger partial charge on any atom is -0.347 e. The first kappa shape index (κ1) is 13.1. The molecular formula is C12H16N4O. The van der Waals surface area contributed by atoms with Gasteiger partial charge in [0.1, 0.15) is 11.8 Å². The van der Waals surface area contributed by atoms with E-state index in [9.17, 15) is 4.79 Å². The largest absolute Gasteiger partial charge is 0.347 e. The predicted molar refractivity (Wildman–Crippen MR) is 63.9 cm³/mol. The number of amides is 1. The smallest absolute Gasteiger partial charge is 0.238 e. The van der Waals surface area contributed by atoms with Gasteiger partial charge < -0.3 is 10.2 Å². The SMILES string of the molecule is CC(NCc1ccnc(C#N)c1)C(=O)N(C)C. The third-order valence-electron chi connectivity index (χ3n) is 2.36. The summed E-state index contributed by atoms with van der Waals surface area (Å²) in [6.45, 7) is 2.35. The minimum absolute atomic E-state index is 0.0274. The van der Waals surface area contributed by atoms with Crippen LogP contribution in [0, 0.1) is 11.3 Å². The second kappa shape index (κ2) is 5.97. The molecule has 0 spiro atoms. The summed E-state index contributed by atoms with van der Waals surface area (Å²) in [7, 11) is 3.45. The van der Waals surface area contributed by atoms with Gasteiger partial charge in [-0.3, -0.25) is 4.79 Å². The van der Waals surface area contributed by atoms with Gasteiger partial charge in [-0.2, -0.15) is 5.26 Å². The van der Waals surface area contributed by atoms with Crippen molar-refractivity contribution in [2.75, 3.05) is 14.1 Å². The van der Waals surface area contributed by atoms with E-state index in [1.807, 2.05) is 19.1 Å². The van der Waals surface area contributed by atoms with Crippen LogP contribution in [0.2, 0.25) is 0 Å². The zero-order valence-corrected chi connectivity index (χ0v) is 10.3. The number of carbonyl (C=O) groups is 1. The van der Waals surface area contributed by atoms with E-state index in [4.69, 9.17) is 5.26 Å². The molecule has 0 saturated heterocycles. The van der Waals surface area contributed by atoms with Crippen LogP contribution < -0.4 is 5.32 Å². The van der Waals surface area contributed by atoms with Crippen LogP contribution in [0.4, 0.5) is 0 Å². The van der Waals surface area contributed by atoms with Crippen molar-refractivity contribution >= 4 is 5.91 Å². The summed E-state index contributed by atoms with van der Waals surface area (Å²) in [6.07, 6.45) is 1.59. The Bertz CT molecular complexity index is 436. The highest BCUT2D eigenvalue weighted by atomic mass is 16.2. The Morgan fingerprint density at radius 1 is 1.65 bits per heavy atom. The van der Waals surface area contributed by atoms with E-state index in [2.05, 4.69) is 10.3 Å². The summed E-state index contributed by atoms with van der Waals surface area (Å²) in [5, 5.41) is 11.8. The number of aromatic nitrogens is 1. The van der Waals surface area contributed by atoms with Crippen LogP contribution in [0.1, 0.15) is 18.2 Å². The first-order valence-electron chi connectivity index (χ1n) is 5.34. The number of likely N-dealkylation sites (N-methyl/N-ethyl adjacent to an activating group) is 1. The van der Waals surface area contributed by atoms with Gasteiger partial charge in [0, 0.05) is 26.8 Å². The maximum absolute atomic E-state index is 11.6. The van der Waals surface area contributed by atoms with Gasteiger partial charge in [0.25, 0.3) is 0 Å². The van der Waals surface area contributed by atoms with Crippen LogP contribution >= 0.6 is 0 Å². The number of hydrogen-bond donors (Lipinski definition) is 1. The topological polar surface area (TPSA) is 69.0 Å². The maximum atomic E-state index is 11.6. The van der Waals surface area contributed by atoms with Gasteiger partial charge in [-0.05, 0) is 24.6 Å². The van der Waals surface area contributed by atoms with E-state index in [1.165, 1.54) is 0 Å². The van der Waals surface area contributed by atoms with Crippen LogP contribution in [0.3, 0.4) is 0 Å². The molecule has 5 nitrogen and oxygen atoms in total. The summed E-state index contributed by atoms with van der Waals surface area (Å²) in [4.78, 5) is 17.0. The molecule has 1 N–H and O–H groups in total. The fourth-order valence-electron chi connectivity index (χ4n) is 1.39. The average Bonchev–Trinajstić information content (AvgIpc) is 2.35. The molecule has 0 aliphatic rings. The highest BCUT2D eigenvalue weighted by Crippen LogP contribution is 2.01. The van der Waals surface area contributed by atoms with Crippen molar-refractivity contribution in [1.82, 2.24) is 15.2 Å². The number of carbonyl (C=O) groups excluding carboxylic acids is 1. The van der Waals surface area contributed by atoms with Gasteiger partial charge in [0.2, 0.25) is 5.91 Å². The molecule has 1 atom stereocenters. The Morgan fingerprint density at radius 2 is 2.35 bits per heavy atom. The van der Waals surface area contributed by atoms with E-state index >= 15 is 0 Å². The number of nitrogens with zero attached hydrogens (tertiary/aromatic N) is 3. The number of hydrogen-bond acceptors (Lipinski definition) is 4. The first-order chi connectivity index (χ1) is 8.04. The van der Waals surface area contributed by atoms with Gasteiger partial charge in [-0.15, -0.1) is 0 Å². The van der Waals surface area contributed by atoms with Gasteiger partial charge in [0.15, 0.2) is 0 Å². The molecule has 0 aliphatic heterocycles. The van der Waals surface area contributed by atoms with Crippen molar-refractivity contribution in [2.24, 2.45) is 0 Å². The fraction of sp³-hybridized carbons (Fsp3) is 0.417. The Kier molecular flexibility index (Phi) is 4.61. The Balaban J connectivity index is 2.56. The van der Waals surface area contributed by atoms with Gasteiger partial charge in [0.05, 0.1) is 6.04 Å². The highest BCUT2D eigenvalue weighted by molar-refractivity contribution is 5.80. The quantitative estimate of drug-likeness (QED) is 0.821. The molecule has 1 unspecified atom stereocenters. The average molecular weight is 232 g/mol. The van der Waals surface area contributed by atoms with Crippen LogP contribution in [0.5, 0.6) is 0 Å². The number of nitrogens with one attached hydrogen (secondary N) is 1. The third-order valence-corrected chi connectivity index (χ3v) is 2.36. The number of rotatable bonds is 4. The van der Waals surface area contributed by atoms with Gasteiger partial charge >= 0.3 is 0 Å². The molecule has 1 amide bonds. The van der Waals surface area contributed by atoms with Gasteiger partial charge in [-0.1, -0.05) is 0 Å². The van der Waals surface area contributed by atoms with Crippen molar-refractivity contribution in [2.45, 2.75) is 19.5 Å². The lowest BCUT2D eigenvalue weighted by Crippen LogP contribution is -2.41. The lowest BCUT2D eigenvalue weighted by molar-refractivity contribution is -0.130. The van der Waals surface area contributed by atoms with Crippen molar-refractivity contribution in [3.8, 4) is 6.07 Å². The standard InChI is InChI=1S/C12H16N4O/c1-9(12(17)16(2)3)15-8-10-4-5-14-11(6-10)7-13/h4-6,9,15H,8H2,1-3H3. The summed E-state index contributed by atoms with van der Waals surface area (Å²) in [5.74, 6) is 0.0274. The van der Waals surface area contributed by atoms with Crippen LogP contribution in [-0.2, 0) is 11.3 Å². The predicted octanol–water partition coefficient (Wildman–Crippen LogP) is 0.520. The van der Waals surface area contributed by atoms with Gasteiger partial charge in [-0.25, -0.2) is 4.98 Å². The fourth-order valence-corrected chi connectivity index (χ4v) is 1.39. The van der Waals surface area contributed by atoms with Crippen molar-refractivity contribution in [3.63, 3.8) is 0 Å². The Hall–Kier alpha value is -1.93. The van der Waals surface area contributed by atoms with E-state index in [1.54, 1.807) is 31.3 Å². The Morgan fingerprint density at radius 3 is 2.94 bits per heavy atom. The molecule has 90 valence electrons. The number of nitriles is 1. The second-order valence-corrected chi connectivity index (χ2v) is 4.00. The molecule has 0 radical (unpaired) electrons. The molecule has 0 aromatic carbocycles. The molecule has 0 saturated carbocycles. The molecule has 1 heterocycles.